The Bertz CT molecular complexity index is 879. The third-order valence-corrected chi connectivity index (χ3v) is 11.8. The number of rotatable bonds is 21. The zero-order chi connectivity index (χ0) is 28.3. The van der Waals surface area contributed by atoms with Crippen molar-refractivity contribution in [3.05, 3.63) is 89.5 Å². The van der Waals surface area contributed by atoms with Crippen LogP contribution in [0.4, 0.5) is 0 Å². The van der Waals surface area contributed by atoms with Crippen molar-refractivity contribution in [3.63, 3.8) is 0 Å². The second kappa shape index (κ2) is 19.9. The fraction of sp³-hybridized carbons (Fsp3) is 0.538. The second-order valence-electron chi connectivity index (χ2n) is 12.2. The fourth-order valence-electron chi connectivity index (χ4n) is 6.01. The van der Waals surface area contributed by atoms with Crippen molar-refractivity contribution in [2.75, 3.05) is 0 Å². The van der Waals surface area contributed by atoms with Crippen LogP contribution in [0.15, 0.2) is 72.8 Å². The van der Waals surface area contributed by atoms with Gasteiger partial charge in [0.1, 0.15) is 8.80 Å². The van der Waals surface area contributed by atoms with Crippen LogP contribution in [0.3, 0.4) is 0 Å². The summed E-state index contributed by atoms with van der Waals surface area (Å²) >= 11 is 0. The molecule has 0 aliphatic carbocycles. The zero-order valence-electron chi connectivity index (χ0n) is 26.2. The first-order valence-corrected chi connectivity index (χ1v) is 18.7. The third kappa shape index (κ3) is 11.8. The minimum atomic E-state index is -1.50. The first-order valence-electron chi connectivity index (χ1n) is 17.0. The van der Waals surface area contributed by atoms with E-state index in [0.29, 0.717) is 0 Å². The van der Waals surface area contributed by atoms with Crippen LogP contribution in [0.1, 0.15) is 134 Å². The molecule has 0 aromatic heterocycles. The van der Waals surface area contributed by atoms with E-state index in [1.54, 1.807) is 15.6 Å². The van der Waals surface area contributed by atoms with E-state index in [0.717, 1.165) is 0 Å². The van der Waals surface area contributed by atoms with E-state index < -0.39 is 8.80 Å². The van der Waals surface area contributed by atoms with E-state index >= 15 is 0 Å². The third-order valence-electron chi connectivity index (χ3n) is 8.65. The van der Waals surface area contributed by atoms with Crippen molar-refractivity contribution in [2.45, 2.75) is 136 Å². The van der Waals surface area contributed by atoms with Gasteiger partial charge in [-0.05, 0) is 55.2 Å². The van der Waals surface area contributed by atoms with Gasteiger partial charge < -0.3 is 0 Å². The summed E-state index contributed by atoms with van der Waals surface area (Å²) in [5.41, 5.74) is 4.51. The molecular formula is C39H58Si. The molecule has 0 bridgehead atoms. The van der Waals surface area contributed by atoms with Gasteiger partial charge in [-0.25, -0.2) is 0 Å². The van der Waals surface area contributed by atoms with Crippen molar-refractivity contribution in [1.29, 1.82) is 0 Å². The lowest BCUT2D eigenvalue weighted by Gasteiger charge is -2.19. The van der Waals surface area contributed by atoms with Crippen molar-refractivity contribution in [1.82, 2.24) is 0 Å². The van der Waals surface area contributed by atoms with Gasteiger partial charge in [0.25, 0.3) is 0 Å². The summed E-state index contributed by atoms with van der Waals surface area (Å²) in [6.07, 6.45) is 23.9. The maximum atomic E-state index is 2.46. The van der Waals surface area contributed by atoms with Crippen LogP contribution in [0, 0.1) is 0 Å². The topological polar surface area (TPSA) is 0 Å². The lowest BCUT2D eigenvalue weighted by Crippen LogP contribution is -2.52. The molecule has 40 heavy (non-hydrogen) atoms. The van der Waals surface area contributed by atoms with E-state index in [1.165, 1.54) is 132 Å². The standard InChI is InChI=1S/C39H58Si/c1-4-7-10-13-16-19-34-22-28-37(29-23-34)40(38-30-24-35(25-31-38)20-17-14-11-8-5-2)39-32-26-36(27-33-39)21-18-15-12-9-6-3/h22-33,40H,4-21H2,1-3H3. The molecule has 0 aliphatic heterocycles. The lowest BCUT2D eigenvalue weighted by atomic mass is 10.1. The molecule has 0 saturated carbocycles. The minimum absolute atomic E-state index is 1.22. The molecule has 0 nitrogen and oxygen atoms in total. The van der Waals surface area contributed by atoms with Gasteiger partial charge in [-0.1, -0.05) is 186 Å². The highest BCUT2D eigenvalue weighted by Crippen LogP contribution is 2.12. The van der Waals surface area contributed by atoms with Crippen molar-refractivity contribution in [3.8, 4) is 0 Å². The average Bonchev–Trinajstić information content (AvgIpc) is 2.99. The zero-order valence-corrected chi connectivity index (χ0v) is 27.4. The van der Waals surface area contributed by atoms with Gasteiger partial charge in [-0.15, -0.1) is 0 Å². The summed E-state index contributed by atoms with van der Waals surface area (Å²) in [7, 11) is -1.50. The second-order valence-corrected chi connectivity index (χ2v) is 15.0. The molecule has 0 radical (unpaired) electrons. The number of aryl methyl sites for hydroxylation is 3. The molecule has 0 amide bonds. The van der Waals surface area contributed by atoms with Crippen LogP contribution in [-0.4, -0.2) is 8.80 Å². The molecule has 0 heterocycles. The molecule has 0 spiro atoms. The maximum Gasteiger partial charge on any atom is 0.132 e. The van der Waals surface area contributed by atoms with Crippen molar-refractivity contribution in [2.24, 2.45) is 0 Å². The Morgan fingerprint density at radius 1 is 0.325 bits per heavy atom. The Balaban J connectivity index is 1.71. The summed E-state index contributed by atoms with van der Waals surface area (Å²) in [6.45, 7) is 6.89. The quantitative estimate of drug-likeness (QED) is 0.0699. The number of hydrogen-bond donors (Lipinski definition) is 0. The van der Waals surface area contributed by atoms with Crippen LogP contribution in [0.5, 0.6) is 0 Å². The van der Waals surface area contributed by atoms with Crippen LogP contribution >= 0.6 is 0 Å². The summed E-state index contributed by atoms with van der Waals surface area (Å²) in [6, 6.07) is 29.3. The Kier molecular flexibility index (Phi) is 16.1. The number of unbranched alkanes of at least 4 members (excludes halogenated alkanes) is 12. The Morgan fingerprint density at radius 2 is 0.575 bits per heavy atom. The molecule has 0 fully saturated rings. The van der Waals surface area contributed by atoms with E-state index in [2.05, 4.69) is 93.6 Å². The van der Waals surface area contributed by atoms with Crippen LogP contribution in [-0.2, 0) is 19.3 Å². The Hall–Kier alpha value is -2.12. The molecule has 0 saturated heterocycles. The van der Waals surface area contributed by atoms with E-state index in [4.69, 9.17) is 0 Å². The highest BCUT2D eigenvalue weighted by Gasteiger charge is 2.19. The summed E-state index contributed by atoms with van der Waals surface area (Å²) in [4.78, 5) is 0. The molecule has 3 aromatic carbocycles. The smallest absolute Gasteiger partial charge is 0.0654 e. The van der Waals surface area contributed by atoms with Gasteiger partial charge in [0.05, 0.1) is 0 Å². The first-order chi connectivity index (χ1) is 19.7. The largest absolute Gasteiger partial charge is 0.132 e. The molecule has 1 heteroatoms. The molecule has 0 unspecified atom stereocenters. The maximum absolute atomic E-state index is 2.46. The van der Waals surface area contributed by atoms with Gasteiger partial charge in [-0.2, -0.15) is 0 Å². The monoisotopic (exact) mass is 554 g/mol. The SMILES string of the molecule is CCCCCCCc1ccc([SiH](c2ccc(CCCCCCC)cc2)c2ccc(CCCCCCC)cc2)cc1. The molecular weight excluding hydrogens is 497 g/mol. The summed E-state index contributed by atoms with van der Waals surface area (Å²) < 4.78 is 0. The van der Waals surface area contributed by atoms with E-state index in [9.17, 15) is 0 Å². The minimum Gasteiger partial charge on any atom is -0.0654 e. The van der Waals surface area contributed by atoms with Gasteiger partial charge in [0, 0.05) is 0 Å². The molecule has 218 valence electrons. The highest BCUT2D eigenvalue weighted by molar-refractivity contribution is 6.95. The fourth-order valence-corrected chi connectivity index (χ4v) is 8.89. The number of hydrogen-bond acceptors (Lipinski definition) is 0. The van der Waals surface area contributed by atoms with Crippen LogP contribution in [0.25, 0.3) is 0 Å². The molecule has 0 N–H and O–H groups in total. The Morgan fingerprint density at radius 3 is 0.825 bits per heavy atom. The summed E-state index contributed by atoms with van der Waals surface area (Å²) in [5, 5.41) is 4.65. The Labute approximate surface area is 249 Å². The van der Waals surface area contributed by atoms with Gasteiger partial charge >= 0.3 is 0 Å². The molecule has 3 rings (SSSR count). The number of benzene rings is 3. The average molecular weight is 555 g/mol. The van der Waals surface area contributed by atoms with Crippen molar-refractivity contribution >= 4 is 24.4 Å². The predicted octanol–water partition coefficient (Wildman–Crippen LogP) is 9.47. The lowest BCUT2D eigenvalue weighted by molar-refractivity contribution is 0.632. The van der Waals surface area contributed by atoms with E-state index in [1.807, 2.05) is 0 Å². The van der Waals surface area contributed by atoms with Crippen LogP contribution < -0.4 is 15.6 Å². The predicted molar refractivity (Wildman–Crippen MR) is 183 cm³/mol. The van der Waals surface area contributed by atoms with Crippen LogP contribution in [0.2, 0.25) is 0 Å². The molecule has 3 aromatic rings. The highest BCUT2D eigenvalue weighted by atomic mass is 28.3. The summed E-state index contributed by atoms with van der Waals surface area (Å²) in [5.74, 6) is 0. The molecule has 0 atom stereocenters. The van der Waals surface area contributed by atoms with Gasteiger partial charge in [0.15, 0.2) is 0 Å². The van der Waals surface area contributed by atoms with E-state index in [-0.39, 0.29) is 0 Å². The first kappa shape index (κ1) is 32.4. The normalized spacial score (nSPS) is 11.4. The molecule has 0 aliphatic rings. The van der Waals surface area contributed by atoms with Gasteiger partial charge in [-0.3, -0.25) is 0 Å². The van der Waals surface area contributed by atoms with Crippen molar-refractivity contribution < 1.29 is 0 Å². The van der Waals surface area contributed by atoms with Gasteiger partial charge in [0.2, 0.25) is 0 Å².